The Balaban J connectivity index is 2.53. The Bertz CT molecular complexity index is 148. The molecule has 3 heteroatoms. The minimum Gasteiger partial charge on any atom is -0.323 e. The molecule has 3 atom stereocenters. The maximum Gasteiger partial charge on any atom is 0.253 e. The van der Waals surface area contributed by atoms with Gasteiger partial charge in [-0.15, -0.1) is 0 Å². The highest BCUT2D eigenvalue weighted by molar-refractivity contribution is 4.83. The molecule has 0 spiro atoms. The maximum atomic E-state index is 12.4. The lowest BCUT2D eigenvalue weighted by molar-refractivity contribution is 0.0545. The molecule has 1 aliphatic rings. The van der Waals surface area contributed by atoms with Crippen molar-refractivity contribution < 1.29 is 8.78 Å². The van der Waals surface area contributed by atoms with Crippen LogP contribution in [0.2, 0.25) is 0 Å². The summed E-state index contributed by atoms with van der Waals surface area (Å²) in [6, 6.07) is -0.898. The first-order valence-corrected chi connectivity index (χ1v) is 5.20. The van der Waals surface area contributed by atoms with Gasteiger partial charge >= 0.3 is 0 Å². The van der Waals surface area contributed by atoms with Crippen LogP contribution >= 0.6 is 0 Å². The second-order valence-corrected chi connectivity index (χ2v) is 4.03. The van der Waals surface area contributed by atoms with Crippen LogP contribution in [0.25, 0.3) is 0 Å². The van der Waals surface area contributed by atoms with Crippen molar-refractivity contribution in [1.29, 1.82) is 0 Å². The first-order valence-electron chi connectivity index (χ1n) is 5.20. The lowest BCUT2D eigenvalue weighted by Gasteiger charge is -2.34. The number of rotatable bonds is 3. The summed E-state index contributed by atoms with van der Waals surface area (Å²) >= 11 is 0. The zero-order chi connectivity index (χ0) is 9.84. The van der Waals surface area contributed by atoms with Gasteiger partial charge < -0.3 is 5.73 Å². The summed E-state index contributed by atoms with van der Waals surface area (Å²) in [6.45, 7) is 2.07. The maximum absolute atomic E-state index is 12.4. The molecule has 0 amide bonds. The predicted octanol–water partition coefficient (Wildman–Crippen LogP) is 2.80. The second kappa shape index (κ2) is 4.89. The molecule has 0 heterocycles. The summed E-state index contributed by atoms with van der Waals surface area (Å²) in [5.74, 6) is 0.483. The Labute approximate surface area is 78.7 Å². The summed E-state index contributed by atoms with van der Waals surface area (Å²) < 4.78 is 24.8. The highest BCUT2D eigenvalue weighted by Gasteiger charge is 2.33. The van der Waals surface area contributed by atoms with Gasteiger partial charge in [0.2, 0.25) is 0 Å². The molecule has 13 heavy (non-hydrogen) atoms. The zero-order valence-electron chi connectivity index (χ0n) is 8.18. The van der Waals surface area contributed by atoms with Gasteiger partial charge in [0.25, 0.3) is 6.43 Å². The summed E-state index contributed by atoms with van der Waals surface area (Å²) in [5, 5.41) is 0. The van der Waals surface area contributed by atoms with Gasteiger partial charge in [-0.25, -0.2) is 8.78 Å². The highest BCUT2D eigenvalue weighted by atomic mass is 19.3. The van der Waals surface area contributed by atoms with Gasteiger partial charge in [0.1, 0.15) is 0 Å². The molecule has 1 fully saturated rings. The minimum atomic E-state index is -2.35. The predicted molar refractivity (Wildman–Crippen MR) is 49.7 cm³/mol. The van der Waals surface area contributed by atoms with Crippen molar-refractivity contribution in [3.8, 4) is 0 Å². The first-order chi connectivity index (χ1) is 6.16. The molecule has 0 bridgehead atoms. The van der Waals surface area contributed by atoms with E-state index in [0.29, 0.717) is 5.92 Å². The van der Waals surface area contributed by atoms with Crippen LogP contribution in [-0.2, 0) is 0 Å². The number of halogens is 2. The van der Waals surface area contributed by atoms with Crippen LogP contribution in [-0.4, -0.2) is 12.5 Å². The number of hydrogen-bond donors (Lipinski definition) is 1. The minimum absolute atomic E-state index is 0.0544. The molecule has 0 saturated heterocycles. The quantitative estimate of drug-likeness (QED) is 0.729. The van der Waals surface area contributed by atoms with Crippen molar-refractivity contribution in [2.24, 2.45) is 17.6 Å². The van der Waals surface area contributed by atoms with E-state index in [1.54, 1.807) is 0 Å². The Morgan fingerprint density at radius 3 is 2.46 bits per heavy atom. The van der Waals surface area contributed by atoms with E-state index < -0.39 is 12.5 Å². The molecule has 2 N–H and O–H groups in total. The van der Waals surface area contributed by atoms with Crippen LogP contribution in [0, 0.1) is 11.8 Å². The summed E-state index contributed by atoms with van der Waals surface area (Å²) in [7, 11) is 0. The van der Waals surface area contributed by atoms with E-state index in [4.69, 9.17) is 5.73 Å². The third-order valence-corrected chi connectivity index (χ3v) is 3.28. The van der Waals surface area contributed by atoms with Crippen LogP contribution in [0.15, 0.2) is 0 Å². The van der Waals surface area contributed by atoms with Gasteiger partial charge in [0.15, 0.2) is 0 Å². The smallest absolute Gasteiger partial charge is 0.253 e. The molecule has 78 valence electrons. The van der Waals surface area contributed by atoms with Crippen LogP contribution < -0.4 is 5.73 Å². The van der Waals surface area contributed by atoms with Crippen molar-refractivity contribution in [1.82, 2.24) is 0 Å². The fraction of sp³-hybridized carbons (Fsp3) is 1.00. The Hall–Kier alpha value is -0.180. The van der Waals surface area contributed by atoms with Crippen LogP contribution in [0.1, 0.15) is 39.0 Å². The number of nitrogens with two attached hydrogens (primary N) is 1. The van der Waals surface area contributed by atoms with Crippen molar-refractivity contribution in [2.75, 3.05) is 0 Å². The number of alkyl halides is 2. The molecule has 3 unspecified atom stereocenters. The van der Waals surface area contributed by atoms with E-state index in [1.165, 1.54) is 6.42 Å². The fourth-order valence-electron chi connectivity index (χ4n) is 2.44. The molecular formula is C10H19F2N. The molecule has 0 aromatic rings. The molecular weight excluding hydrogens is 172 g/mol. The third-order valence-electron chi connectivity index (χ3n) is 3.28. The summed E-state index contributed by atoms with van der Waals surface area (Å²) in [6.07, 6.45) is 2.88. The number of hydrogen-bond acceptors (Lipinski definition) is 1. The molecule has 0 radical (unpaired) electrons. The molecule has 0 aromatic heterocycles. The molecule has 1 saturated carbocycles. The van der Waals surface area contributed by atoms with E-state index in [2.05, 4.69) is 6.92 Å². The van der Waals surface area contributed by atoms with E-state index in [9.17, 15) is 8.78 Å². The fourth-order valence-corrected chi connectivity index (χ4v) is 2.44. The first kappa shape index (κ1) is 10.9. The van der Waals surface area contributed by atoms with Crippen molar-refractivity contribution in [3.05, 3.63) is 0 Å². The monoisotopic (exact) mass is 191 g/mol. The van der Waals surface area contributed by atoms with Crippen molar-refractivity contribution in [3.63, 3.8) is 0 Å². The van der Waals surface area contributed by atoms with Crippen LogP contribution in [0.3, 0.4) is 0 Å². The second-order valence-electron chi connectivity index (χ2n) is 4.03. The van der Waals surface area contributed by atoms with E-state index in [0.717, 1.165) is 25.7 Å². The largest absolute Gasteiger partial charge is 0.323 e. The SMILES string of the molecule is CCC1CCCCC1C(N)C(F)F. The van der Waals surface area contributed by atoms with Gasteiger partial charge in [-0.1, -0.05) is 32.6 Å². The van der Waals surface area contributed by atoms with Gasteiger partial charge in [0.05, 0.1) is 6.04 Å². The van der Waals surface area contributed by atoms with Gasteiger partial charge in [0, 0.05) is 0 Å². The van der Waals surface area contributed by atoms with E-state index >= 15 is 0 Å². The molecule has 0 aromatic carbocycles. The Kier molecular flexibility index (Phi) is 4.10. The van der Waals surface area contributed by atoms with Crippen molar-refractivity contribution in [2.45, 2.75) is 51.5 Å². The van der Waals surface area contributed by atoms with Gasteiger partial charge in [-0.3, -0.25) is 0 Å². The molecule has 0 aliphatic heterocycles. The topological polar surface area (TPSA) is 26.0 Å². The molecule has 1 aliphatic carbocycles. The molecule has 1 nitrogen and oxygen atoms in total. The zero-order valence-corrected chi connectivity index (χ0v) is 8.18. The Morgan fingerprint density at radius 2 is 1.92 bits per heavy atom. The van der Waals surface area contributed by atoms with Crippen LogP contribution in [0.4, 0.5) is 8.78 Å². The third kappa shape index (κ3) is 2.63. The van der Waals surface area contributed by atoms with Gasteiger partial charge in [-0.2, -0.15) is 0 Å². The van der Waals surface area contributed by atoms with Gasteiger partial charge in [-0.05, 0) is 18.3 Å². The standard InChI is InChI=1S/C10H19F2N/c1-2-7-5-3-4-6-8(7)9(13)10(11)12/h7-10H,2-6,13H2,1H3. The van der Waals surface area contributed by atoms with E-state index in [1.807, 2.05) is 0 Å². The Morgan fingerprint density at radius 1 is 1.31 bits per heavy atom. The normalized spacial score (nSPS) is 32.1. The lowest BCUT2D eigenvalue weighted by Crippen LogP contribution is -2.42. The van der Waals surface area contributed by atoms with Crippen molar-refractivity contribution >= 4 is 0 Å². The average molecular weight is 191 g/mol. The lowest BCUT2D eigenvalue weighted by atomic mass is 9.74. The molecule has 1 rings (SSSR count). The highest BCUT2D eigenvalue weighted by Crippen LogP contribution is 2.35. The summed E-state index contributed by atoms with van der Waals surface area (Å²) in [4.78, 5) is 0. The summed E-state index contributed by atoms with van der Waals surface area (Å²) in [5.41, 5.74) is 5.51. The average Bonchev–Trinajstić information content (AvgIpc) is 2.16. The van der Waals surface area contributed by atoms with Crippen LogP contribution in [0.5, 0.6) is 0 Å². The van der Waals surface area contributed by atoms with E-state index in [-0.39, 0.29) is 5.92 Å².